The van der Waals surface area contributed by atoms with Gasteiger partial charge in [0.05, 0.1) is 12.4 Å². The number of nitrogens with zero attached hydrogens (tertiary/aromatic N) is 5. The summed E-state index contributed by atoms with van der Waals surface area (Å²) in [5, 5.41) is 7.22. The summed E-state index contributed by atoms with van der Waals surface area (Å²) in [6, 6.07) is 8.18. The normalized spacial score (nSPS) is 11.6. The Morgan fingerprint density at radius 3 is 2.81 bits per heavy atom. The quantitative estimate of drug-likeness (QED) is 0.142. The van der Waals surface area contributed by atoms with E-state index >= 15 is 0 Å². The van der Waals surface area contributed by atoms with Gasteiger partial charge in [-0.2, -0.15) is 5.10 Å². The summed E-state index contributed by atoms with van der Waals surface area (Å²) in [5.74, 6) is 0.585. The van der Waals surface area contributed by atoms with Gasteiger partial charge in [0, 0.05) is 56.5 Å². The molecule has 3 aromatic heterocycles. The summed E-state index contributed by atoms with van der Waals surface area (Å²) >= 11 is 0. The third-order valence-electron chi connectivity index (χ3n) is 5.68. The topological polar surface area (TPSA) is 96.1 Å². The molecule has 0 bridgehead atoms. The maximum absolute atomic E-state index is 11.6. The minimum Gasteiger partial charge on any atom is -0.437 e. The fraction of sp³-hybridized carbons (Fsp3) is 0.333. The Morgan fingerprint density at radius 1 is 1.22 bits per heavy atom. The zero-order valence-corrected chi connectivity index (χ0v) is 22.9. The summed E-state index contributed by atoms with van der Waals surface area (Å²) in [4.78, 5) is 21.1. The maximum Gasteiger partial charge on any atom is 0.247 e. The number of carbonyl (C=O) groups excluding carboxylic acids is 1. The van der Waals surface area contributed by atoms with Crippen LogP contribution < -0.4 is 10.1 Å². The molecule has 1 N–H and O–H groups in total. The van der Waals surface area contributed by atoms with Gasteiger partial charge in [-0.05, 0) is 30.7 Å². The lowest BCUT2D eigenvalue weighted by Crippen LogP contribution is -2.22. The summed E-state index contributed by atoms with van der Waals surface area (Å²) < 4.78 is 15.9. The van der Waals surface area contributed by atoms with E-state index in [0.717, 1.165) is 30.1 Å². The highest BCUT2D eigenvalue weighted by Gasteiger charge is 2.17. The zero-order chi connectivity index (χ0) is 26.4. The van der Waals surface area contributed by atoms with Crippen LogP contribution in [0.1, 0.15) is 13.3 Å². The average Bonchev–Trinajstić information content (AvgIpc) is 3.46. The van der Waals surface area contributed by atoms with Crippen LogP contribution in [0.3, 0.4) is 0 Å². The van der Waals surface area contributed by atoms with Crippen molar-refractivity contribution in [3.05, 3.63) is 61.7 Å². The van der Waals surface area contributed by atoms with E-state index in [1.165, 1.54) is 6.08 Å². The van der Waals surface area contributed by atoms with Gasteiger partial charge in [-0.15, -0.1) is 0 Å². The SMILES string of the molecule is C=CC(=O)Nc1cccc(Oc2cnc3c(n2)c(-c2cnn(CCC)c2)cn3COCC[Si](C)(C)C)c1. The van der Waals surface area contributed by atoms with Crippen molar-refractivity contribution in [2.24, 2.45) is 0 Å². The fourth-order valence-corrected chi connectivity index (χ4v) is 4.50. The van der Waals surface area contributed by atoms with Crippen molar-refractivity contribution in [1.29, 1.82) is 0 Å². The van der Waals surface area contributed by atoms with E-state index in [2.05, 4.69) is 48.5 Å². The van der Waals surface area contributed by atoms with Crippen molar-refractivity contribution in [2.75, 3.05) is 11.9 Å². The van der Waals surface area contributed by atoms with Gasteiger partial charge in [-0.1, -0.05) is 39.2 Å². The lowest BCUT2D eigenvalue weighted by molar-refractivity contribution is -0.111. The molecule has 0 saturated carbocycles. The maximum atomic E-state index is 11.6. The van der Waals surface area contributed by atoms with Crippen LogP contribution in [0.15, 0.2) is 61.7 Å². The molecule has 0 spiro atoms. The van der Waals surface area contributed by atoms with Gasteiger partial charge in [0.15, 0.2) is 5.65 Å². The van der Waals surface area contributed by atoms with Crippen LogP contribution in [0.2, 0.25) is 25.7 Å². The number of anilines is 1. The van der Waals surface area contributed by atoms with Crippen molar-refractivity contribution >= 4 is 30.8 Å². The van der Waals surface area contributed by atoms with Gasteiger partial charge < -0.3 is 19.4 Å². The lowest BCUT2D eigenvalue weighted by Gasteiger charge is -2.15. The molecule has 0 aliphatic heterocycles. The van der Waals surface area contributed by atoms with Crippen molar-refractivity contribution in [1.82, 2.24) is 24.3 Å². The van der Waals surface area contributed by atoms with Crippen molar-refractivity contribution in [2.45, 2.75) is 52.3 Å². The van der Waals surface area contributed by atoms with E-state index in [9.17, 15) is 4.79 Å². The highest BCUT2D eigenvalue weighted by Crippen LogP contribution is 2.31. The molecule has 0 fully saturated rings. The Bertz CT molecular complexity index is 1390. The summed E-state index contributed by atoms with van der Waals surface area (Å²) in [6.45, 7) is 14.6. The second-order valence-corrected chi connectivity index (χ2v) is 15.7. The molecule has 1 aromatic carbocycles. The lowest BCUT2D eigenvalue weighted by atomic mass is 10.2. The summed E-state index contributed by atoms with van der Waals surface area (Å²) in [6.07, 6.45) is 9.70. The second kappa shape index (κ2) is 11.5. The van der Waals surface area contributed by atoms with Crippen LogP contribution in [0.25, 0.3) is 22.3 Å². The molecule has 9 nitrogen and oxygen atoms in total. The van der Waals surface area contributed by atoms with Crippen LogP contribution in [0.4, 0.5) is 5.69 Å². The Labute approximate surface area is 218 Å². The van der Waals surface area contributed by atoms with Gasteiger partial charge in [-0.25, -0.2) is 9.97 Å². The number of aryl methyl sites for hydroxylation is 1. The van der Waals surface area contributed by atoms with Crippen LogP contribution in [0.5, 0.6) is 11.6 Å². The van der Waals surface area contributed by atoms with Gasteiger partial charge in [-0.3, -0.25) is 9.48 Å². The predicted molar refractivity (Wildman–Crippen MR) is 148 cm³/mol. The first-order chi connectivity index (χ1) is 17.8. The van der Waals surface area contributed by atoms with Crippen LogP contribution in [-0.2, 0) is 22.8 Å². The molecule has 37 heavy (non-hydrogen) atoms. The van der Waals surface area contributed by atoms with Gasteiger partial charge in [0.25, 0.3) is 0 Å². The van der Waals surface area contributed by atoms with Crippen LogP contribution in [-0.4, -0.2) is 44.9 Å². The number of fused-ring (bicyclic) bond motifs is 1. The third kappa shape index (κ3) is 6.93. The Hall–Kier alpha value is -3.76. The first-order valence-corrected chi connectivity index (χ1v) is 16.1. The minimum atomic E-state index is -1.18. The number of hydrogen-bond donors (Lipinski definition) is 1. The van der Waals surface area contributed by atoms with Gasteiger partial charge in [0.2, 0.25) is 11.8 Å². The smallest absolute Gasteiger partial charge is 0.247 e. The third-order valence-corrected chi connectivity index (χ3v) is 7.38. The van der Waals surface area contributed by atoms with E-state index in [-0.39, 0.29) is 5.91 Å². The summed E-state index contributed by atoms with van der Waals surface area (Å²) in [5.41, 5.74) is 3.89. The second-order valence-electron chi connectivity index (χ2n) is 10.1. The molecule has 0 saturated heterocycles. The predicted octanol–water partition coefficient (Wildman–Crippen LogP) is 5.93. The Morgan fingerprint density at radius 2 is 2.05 bits per heavy atom. The number of benzene rings is 1. The van der Waals surface area contributed by atoms with Crippen LogP contribution >= 0.6 is 0 Å². The van der Waals surface area contributed by atoms with E-state index in [1.54, 1.807) is 30.5 Å². The number of amides is 1. The average molecular weight is 519 g/mol. The van der Waals surface area contributed by atoms with Crippen molar-refractivity contribution in [3.63, 3.8) is 0 Å². The molecule has 0 aliphatic rings. The summed E-state index contributed by atoms with van der Waals surface area (Å²) in [7, 11) is -1.18. The van der Waals surface area contributed by atoms with E-state index in [0.29, 0.717) is 41.8 Å². The molecule has 10 heteroatoms. The minimum absolute atomic E-state index is 0.292. The largest absolute Gasteiger partial charge is 0.437 e. The molecule has 0 atom stereocenters. The number of carbonyl (C=O) groups is 1. The zero-order valence-electron chi connectivity index (χ0n) is 21.9. The monoisotopic (exact) mass is 518 g/mol. The first-order valence-electron chi connectivity index (χ1n) is 12.4. The van der Waals surface area contributed by atoms with Crippen molar-refractivity contribution in [3.8, 4) is 22.8 Å². The number of hydrogen-bond acceptors (Lipinski definition) is 6. The molecule has 194 valence electrons. The number of aromatic nitrogens is 5. The molecule has 4 rings (SSSR count). The molecular formula is C27H34N6O3Si. The fourth-order valence-electron chi connectivity index (χ4n) is 3.74. The molecule has 0 aliphatic carbocycles. The van der Waals surface area contributed by atoms with E-state index < -0.39 is 8.07 Å². The molecule has 0 radical (unpaired) electrons. The highest BCUT2D eigenvalue weighted by molar-refractivity contribution is 6.76. The molecular weight excluding hydrogens is 484 g/mol. The van der Waals surface area contributed by atoms with Crippen LogP contribution in [0, 0.1) is 0 Å². The van der Waals surface area contributed by atoms with Gasteiger partial charge >= 0.3 is 0 Å². The molecule has 0 unspecified atom stereocenters. The first kappa shape index (κ1) is 26.3. The van der Waals surface area contributed by atoms with E-state index in [4.69, 9.17) is 14.5 Å². The number of rotatable bonds is 12. The molecule has 1 amide bonds. The van der Waals surface area contributed by atoms with E-state index in [1.807, 2.05) is 27.8 Å². The van der Waals surface area contributed by atoms with Gasteiger partial charge in [0.1, 0.15) is 18.0 Å². The molecule has 3 heterocycles. The van der Waals surface area contributed by atoms with Crippen molar-refractivity contribution < 1.29 is 14.3 Å². The number of nitrogens with one attached hydrogen (secondary N) is 1. The standard InChI is InChI=1S/C27H34N6O3Si/c1-6-11-33-17-20(15-29-33)23-18-32(19-35-12-13-37(3,4)5)27-26(23)31-25(16-28-27)36-22-10-8-9-21(14-22)30-24(34)7-2/h7-10,14-18H,2,6,11-13,19H2,1,3-5H3,(H,30,34). The Balaban J connectivity index is 1.63. The number of ether oxygens (including phenoxy) is 2. The highest BCUT2D eigenvalue weighted by atomic mass is 28.3. The Kier molecular flexibility index (Phi) is 8.20. The molecule has 4 aromatic rings.